The molecule has 0 atom stereocenters. The smallest absolute Gasteiger partial charge is 0.222 e. The molecule has 1 aromatic rings. The molecule has 0 radical (unpaired) electrons. The lowest BCUT2D eigenvalue weighted by atomic mass is 10.4. The Bertz CT molecular complexity index is 581. The molecule has 1 aromatic heterocycles. The van der Waals surface area contributed by atoms with E-state index in [0.29, 0.717) is 19.5 Å². The van der Waals surface area contributed by atoms with Crippen LogP contribution in [0.2, 0.25) is 0 Å². The molecule has 8 nitrogen and oxygen atoms in total. The topological polar surface area (TPSA) is 87.4 Å². The molecule has 0 bridgehead atoms. The van der Waals surface area contributed by atoms with Crippen molar-refractivity contribution < 1.29 is 4.79 Å². The minimum absolute atomic E-state index is 0.271. The van der Waals surface area contributed by atoms with Crippen molar-refractivity contribution in [2.24, 2.45) is 4.99 Å². The number of aromatic nitrogens is 3. The van der Waals surface area contributed by atoms with Crippen LogP contribution in [0, 0.1) is 0 Å². The van der Waals surface area contributed by atoms with E-state index in [9.17, 15) is 4.79 Å². The van der Waals surface area contributed by atoms with Crippen LogP contribution >= 0.6 is 0 Å². The van der Waals surface area contributed by atoms with Gasteiger partial charge in [0.2, 0.25) is 5.91 Å². The fourth-order valence-corrected chi connectivity index (χ4v) is 2.77. The SMILES string of the molecule is C=CCNC(=NCCCN1CCCC1=O)NCCn1cnnc1CC. The normalized spacial score (nSPS) is 14.8. The highest BCUT2D eigenvalue weighted by atomic mass is 16.2. The highest BCUT2D eigenvalue weighted by Crippen LogP contribution is 2.09. The van der Waals surface area contributed by atoms with Crippen LogP contribution in [-0.2, 0) is 17.8 Å². The van der Waals surface area contributed by atoms with E-state index in [2.05, 4.69) is 39.3 Å². The first kappa shape index (κ1) is 19.0. The number of rotatable bonds is 10. The molecule has 1 saturated heterocycles. The van der Waals surface area contributed by atoms with Crippen LogP contribution < -0.4 is 10.6 Å². The molecule has 8 heteroatoms. The maximum Gasteiger partial charge on any atom is 0.222 e. The highest BCUT2D eigenvalue weighted by molar-refractivity contribution is 5.80. The van der Waals surface area contributed by atoms with Crippen molar-refractivity contribution in [1.29, 1.82) is 0 Å². The Balaban J connectivity index is 1.74. The largest absolute Gasteiger partial charge is 0.355 e. The second kappa shape index (κ2) is 10.5. The zero-order chi connectivity index (χ0) is 17.9. The van der Waals surface area contributed by atoms with Gasteiger partial charge >= 0.3 is 0 Å². The van der Waals surface area contributed by atoms with E-state index in [0.717, 1.165) is 57.2 Å². The van der Waals surface area contributed by atoms with Gasteiger partial charge in [0.1, 0.15) is 12.2 Å². The van der Waals surface area contributed by atoms with E-state index in [1.54, 1.807) is 12.4 Å². The zero-order valence-corrected chi connectivity index (χ0v) is 15.1. The number of carbonyl (C=O) groups is 1. The van der Waals surface area contributed by atoms with Crippen molar-refractivity contribution in [3.63, 3.8) is 0 Å². The summed E-state index contributed by atoms with van der Waals surface area (Å²) in [6.07, 6.45) is 6.97. The van der Waals surface area contributed by atoms with Crippen LogP contribution in [0.15, 0.2) is 24.0 Å². The second-order valence-corrected chi connectivity index (χ2v) is 5.96. The monoisotopic (exact) mass is 347 g/mol. The van der Waals surface area contributed by atoms with Crippen LogP contribution in [0.1, 0.15) is 32.0 Å². The number of hydrogen-bond acceptors (Lipinski definition) is 4. The maximum atomic E-state index is 11.6. The fourth-order valence-electron chi connectivity index (χ4n) is 2.77. The summed E-state index contributed by atoms with van der Waals surface area (Å²) in [7, 11) is 0. The van der Waals surface area contributed by atoms with Gasteiger partial charge in [0.15, 0.2) is 5.96 Å². The van der Waals surface area contributed by atoms with Crippen molar-refractivity contribution in [2.45, 2.75) is 39.2 Å². The summed E-state index contributed by atoms with van der Waals surface area (Å²) >= 11 is 0. The van der Waals surface area contributed by atoms with Gasteiger partial charge in [0.25, 0.3) is 0 Å². The number of aryl methyl sites for hydroxylation is 1. The maximum absolute atomic E-state index is 11.6. The summed E-state index contributed by atoms with van der Waals surface area (Å²) in [6, 6.07) is 0. The van der Waals surface area contributed by atoms with Gasteiger partial charge in [-0.3, -0.25) is 9.79 Å². The molecule has 1 fully saturated rings. The molecule has 0 saturated carbocycles. The van der Waals surface area contributed by atoms with Gasteiger partial charge in [0, 0.05) is 52.1 Å². The number of carbonyl (C=O) groups excluding carboxylic acids is 1. The molecule has 2 rings (SSSR count). The Morgan fingerprint density at radius 3 is 3.04 bits per heavy atom. The Kier molecular flexibility index (Phi) is 7.94. The molecule has 25 heavy (non-hydrogen) atoms. The van der Waals surface area contributed by atoms with Crippen LogP contribution in [0.25, 0.3) is 0 Å². The van der Waals surface area contributed by atoms with Crippen LogP contribution in [-0.4, -0.2) is 64.3 Å². The van der Waals surface area contributed by atoms with E-state index in [4.69, 9.17) is 0 Å². The van der Waals surface area contributed by atoms with Crippen molar-refractivity contribution >= 4 is 11.9 Å². The number of nitrogens with one attached hydrogen (secondary N) is 2. The summed E-state index contributed by atoms with van der Waals surface area (Å²) in [6.45, 7) is 10.3. The summed E-state index contributed by atoms with van der Waals surface area (Å²) in [5, 5.41) is 14.5. The van der Waals surface area contributed by atoms with E-state index >= 15 is 0 Å². The lowest BCUT2D eigenvalue weighted by Gasteiger charge is -2.15. The van der Waals surface area contributed by atoms with E-state index in [1.165, 1.54) is 0 Å². The lowest BCUT2D eigenvalue weighted by molar-refractivity contribution is -0.127. The first-order chi connectivity index (χ1) is 12.2. The minimum atomic E-state index is 0.271. The number of aliphatic imine (C=N–C) groups is 1. The molecule has 1 aliphatic rings. The van der Waals surface area contributed by atoms with Crippen molar-refractivity contribution in [3.05, 3.63) is 24.8 Å². The van der Waals surface area contributed by atoms with Gasteiger partial charge in [-0.15, -0.1) is 16.8 Å². The predicted octanol–water partition coefficient (Wildman–Crippen LogP) is 0.574. The van der Waals surface area contributed by atoms with E-state index < -0.39 is 0 Å². The Morgan fingerprint density at radius 1 is 1.44 bits per heavy atom. The zero-order valence-electron chi connectivity index (χ0n) is 15.1. The fraction of sp³-hybridized carbons (Fsp3) is 0.647. The molecule has 2 heterocycles. The summed E-state index contributed by atoms with van der Waals surface area (Å²) in [4.78, 5) is 18.1. The third-order valence-electron chi connectivity index (χ3n) is 4.10. The minimum Gasteiger partial charge on any atom is -0.355 e. The van der Waals surface area contributed by atoms with Crippen LogP contribution in [0.3, 0.4) is 0 Å². The highest BCUT2D eigenvalue weighted by Gasteiger charge is 2.18. The number of likely N-dealkylation sites (tertiary alicyclic amines) is 1. The van der Waals surface area contributed by atoms with E-state index in [-0.39, 0.29) is 5.91 Å². The Morgan fingerprint density at radius 2 is 2.32 bits per heavy atom. The quantitative estimate of drug-likeness (QED) is 0.280. The van der Waals surface area contributed by atoms with Crippen molar-refractivity contribution in [2.75, 3.05) is 32.7 Å². The van der Waals surface area contributed by atoms with Crippen LogP contribution in [0.5, 0.6) is 0 Å². The standard InChI is InChI=1S/C17H29N7O/c1-3-8-18-17(19-9-6-12-23-11-5-7-16(23)25)20-10-13-24-14-21-22-15(24)4-2/h3,14H,1,4-13H2,2H3,(H2,18,19,20). The Hall–Kier alpha value is -2.38. The average molecular weight is 347 g/mol. The molecule has 138 valence electrons. The second-order valence-electron chi connectivity index (χ2n) is 5.96. The molecular formula is C17H29N7O. The molecule has 0 aliphatic carbocycles. The third kappa shape index (κ3) is 6.21. The predicted molar refractivity (Wildman–Crippen MR) is 98.3 cm³/mol. The average Bonchev–Trinajstić information content (AvgIpc) is 3.24. The molecule has 1 amide bonds. The third-order valence-corrected chi connectivity index (χ3v) is 4.10. The van der Waals surface area contributed by atoms with Crippen molar-refractivity contribution in [3.8, 4) is 0 Å². The summed E-state index contributed by atoms with van der Waals surface area (Å²) < 4.78 is 2.04. The summed E-state index contributed by atoms with van der Waals surface area (Å²) in [5.41, 5.74) is 0. The molecular weight excluding hydrogens is 318 g/mol. The molecule has 1 aliphatic heterocycles. The Labute approximate surface area is 149 Å². The lowest BCUT2D eigenvalue weighted by Crippen LogP contribution is -2.39. The van der Waals surface area contributed by atoms with Crippen LogP contribution in [0.4, 0.5) is 0 Å². The van der Waals surface area contributed by atoms with Gasteiger partial charge in [0.05, 0.1) is 0 Å². The number of guanidine groups is 1. The molecule has 0 unspecified atom stereocenters. The molecule has 2 N–H and O–H groups in total. The van der Waals surface area contributed by atoms with Gasteiger partial charge in [-0.1, -0.05) is 13.0 Å². The first-order valence-electron chi connectivity index (χ1n) is 9.02. The van der Waals surface area contributed by atoms with Gasteiger partial charge in [-0.2, -0.15) is 0 Å². The molecule has 0 spiro atoms. The molecule has 0 aromatic carbocycles. The van der Waals surface area contributed by atoms with E-state index in [1.807, 2.05) is 9.47 Å². The number of amides is 1. The van der Waals surface area contributed by atoms with Gasteiger partial charge in [-0.25, -0.2) is 0 Å². The number of hydrogen-bond donors (Lipinski definition) is 2. The summed E-state index contributed by atoms with van der Waals surface area (Å²) in [5.74, 6) is 2.01. The van der Waals surface area contributed by atoms with Gasteiger partial charge < -0.3 is 20.1 Å². The first-order valence-corrected chi connectivity index (χ1v) is 9.02. The van der Waals surface area contributed by atoms with Crippen molar-refractivity contribution in [1.82, 2.24) is 30.3 Å². The number of nitrogens with zero attached hydrogens (tertiary/aromatic N) is 5. The van der Waals surface area contributed by atoms with Gasteiger partial charge in [-0.05, 0) is 12.8 Å².